The zero-order valence-electron chi connectivity index (χ0n) is 20.3. The summed E-state index contributed by atoms with van der Waals surface area (Å²) in [4.78, 5) is 45.1. The highest BCUT2D eigenvalue weighted by Crippen LogP contribution is 2.22. The van der Waals surface area contributed by atoms with Crippen LogP contribution in [-0.4, -0.2) is 45.2 Å². The number of furan rings is 1. The molecule has 0 atom stereocenters. The lowest BCUT2D eigenvalue weighted by Crippen LogP contribution is -2.37. The maximum Gasteiger partial charge on any atom is 0.337 e. The third kappa shape index (κ3) is 5.68. The number of hydrogen-bond acceptors (Lipinski definition) is 7. The van der Waals surface area contributed by atoms with Crippen LogP contribution in [-0.2, 0) is 22.6 Å². The van der Waals surface area contributed by atoms with Gasteiger partial charge >= 0.3 is 5.97 Å². The highest BCUT2D eigenvalue weighted by atomic mass is 32.2. The van der Waals surface area contributed by atoms with E-state index in [0.717, 1.165) is 5.56 Å². The van der Waals surface area contributed by atoms with Gasteiger partial charge in [-0.3, -0.25) is 14.2 Å². The lowest BCUT2D eigenvalue weighted by Gasteiger charge is -2.27. The van der Waals surface area contributed by atoms with Crippen molar-refractivity contribution in [3.05, 3.63) is 94.2 Å². The number of fused-ring (bicyclic) bond motifs is 1. The molecular weight excluding hydrogens is 478 g/mol. The van der Waals surface area contributed by atoms with Gasteiger partial charge < -0.3 is 14.1 Å². The number of carbonyl (C=O) groups excluding carboxylic acids is 2. The Kier molecular flexibility index (Phi) is 7.90. The summed E-state index contributed by atoms with van der Waals surface area (Å²) < 4.78 is 11.7. The molecular formula is C27H27N3O5S. The Hall–Kier alpha value is -3.85. The SMILES string of the molecule is COC(=O)c1ccc2c(=O)n(Cc3ccco3)c(SCC(=O)N(Cc3ccccc3)C(C)C)nc2c1. The second-order valence-electron chi connectivity index (χ2n) is 8.48. The van der Waals surface area contributed by atoms with Gasteiger partial charge in [0.1, 0.15) is 5.76 Å². The first kappa shape index (κ1) is 25.2. The fourth-order valence-electron chi connectivity index (χ4n) is 3.80. The van der Waals surface area contributed by atoms with Gasteiger partial charge in [0.2, 0.25) is 5.91 Å². The Labute approximate surface area is 212 Å². The van der Waals surface area contributed by atoms with Crippen LogP contribution in [0.25, 0.3) is 10.9 Å². The summed E-state index contributed by atoms with van der Waals surface area (Å²) in [7, 11) is 1.30. The van der Waals surface area contributed by atoms with Crippen LogP contribution in [0.5, 0.6) is 0 Å². The minimum absolute atomic E-state index is 0.00389. The summed E-state index contributed by atoms with van der Waals surface area (Å²) in [5.41, 5.74) is 1.41. The van der Waals surface area contributed by atoms with Crippen molar-refractivity contribution >= 4 is 34.5 Å². The molecule has 4 rings (SSSR count). The molecule has 1 amide bonds. The third-order valence-corrected chi connectivity index (χ3v) is 6.66. The summed E-state index contributed by atoms with van der Waals surface area (Å²) in [6.45, 7) is 4.61. The van der Waals surface area contributed by atoms with Crippen molar-refractivity contribution in [2.24, 2.45) is 0 Å². The van der Waals surface area contributed by atoms with Crippen molar-refractivity contribution in [3.8, 4) is 0 Å². The zero-order valence-corrected chi connectivity index (χ0v) is 21.2. The van der Waals surface area contributed by atoms with Crippen LogP contribution in [0.3, 0.4) is 0 Å². The van der Waals surface area contributed by atoms with E-state index >= 15 is 0 Å². The summed E-state index contributed by atoms with van der Waals surface area (Å²) in [6.07, 6.45) is 1.54. The largest absolute Gasteiger partial charge is 0.467 e. The van der Waals surface area contributed by atoms with Gasteiger partial charge in [0.05, 0.1) is 42.1 Å². The Balaban J connectivity index is 1.66. The van der Waals surface area contributed by atoms with Gasteiger partial charge in [0.25, 0.3) is 5.56 Å². The van der Waals surface area contributed by atoms with Crippen LogP contribution in [0.2, 0.25) is 0 Å². The average Bonchev–Trinajstić information content (AvgIpc) is 3.40. The van der Waals surface area contributed by atoms with Crippen molar-refractivity contribution in [2.45, 2.75) is 38.1 Å². The van der Waals surface area contributed by atoms with Gasteiger partial charge in [0.15, 0.2) is 5.16 Å². The van der Waals surface area contributed by atoms with Gasteiger partial charge in [0, 0.05) is 12.6 Å². The predicted molar refractivity (Wildman–Crippen MR) is 138 cm³/mol. The zero-order chi connectivity index (χ0) is 25.7. The maximum absolute atomic E-state index is 13.4. The summed E-state index contributed by atoms with van der Waals surface area (Å²) in [5, 5.41) is 0.723. The normalized spacial score (nSPS) is 11.1. The predicted octanol–water partition coefficient (Wildman–Crippen LogP) is 4.35. The number of rotatable bonds is 9. The van der Waals surface area contributed by atoms with Gasteiger partial charge in [-0.05, 0) is 49.7 Å². The number of benzene rings is 2. The van der Waals surface area contributed by atoms with E-state index < -0.39 is 5.97 Å². The van der Waals surface area contributed by atoms with E-state index in [1.807, 2.05) is 44.2 Å². The fraction of sp³-hybridized carbons (Fsp3) is 0.259. The number of thioether (sulfide) groups is 1. The lowest BCUT2D eigenvalue weighted by molar-refractivity contribution is -0.130. The Morgan fingerprint density at radius 2 is 1.89 bits per heavy atom. The van der Waals surface area contributed by atoms with Crippen LogP contribution in [0.1, 0.15) is 35.5 Å². The first-order valence-corrected chi connectivity index (χ1v) is 12.5. The maximum atomic E-state index is 13.4. The highest BCUT2D eigenvalue weighted by molar-refractivity contribution is 7.99. The molecule has 0 aliphatic heterocycles. The molecule has 0 N–H and O–H groups in total. The Morgan fingerprint density at radius 3 is 2.56 bits per heavy atom. The van der Waals surface area contributed by atoms with Gasteiger partial charge in [-0.25, -0.2) is 9.78 Å². The van der Waals surface area contributed by atoms with Crippen molar-refractivity contribution in [3.63, 3.8) is 0 Å². The molecule has 0 bridgehead atoms. The molecule has 0 saturated heterocycles. The van der Waals surface area contributed by atoms with E-state index in [4.69, 9.17) is 9.15 Å². The van der Waals surface area contributed by atoms with Crippen LogP contribution >= 0.6 is 11.8 Å². The molecule has 0 fully saturated rings. The minimum Gasteiger partial charge on any atom is -0.467 e. The van der Waals surface area contributed by atoms with Crippen LogP contribution in [0, 0.1) is 0 Å². The van der Waals surface area contributed by atoms with Crippen molar-refractivity contribution in [1.82, 2.24) is 14.5 Å². The van der Waals surface area contributed by atoms with E-state index in [-0.39, 0.29) is 29.8 Å². The molecule has 9 heteroatoms. The van der Waals surface area contributed by atoms with Gasteiger partial charge in [-0.1, -0.05) is 42.1 Å². The second-order valence-corrected chi connectivity index (χ2v) is 9.42. The number of carbonyl (C=O) groups is 2. The summed E-state index contributed by atoms with van der Waals surface area (Å²) >= 11 is 1.19. The minimum atomic E-state index is -0.517. The molecule has 2 aromatic carbocycles. The van der Waals surface area contributed by atoms with Crippen molar-refractivity contribution in [2.75, 3.05) is 12.9 Å². The van der Waals surface area contributed by atoms with E-state index in [1.54, 1.807) is 23.1 Å². The van der Waals surface area contributed by atoms with E-state index in [0.29, 0.717) is 33.9 Å². The Bertz CT molecular complexity index is 1410. The number of ether oxygens (including phenoxy) is 1. The lowest BCUT2D eigenvalue weighted by atomic mass is 10.1. The topological polar surface area (TPSA) is 94.6 Å². The molecule has 0 radical (unpaired) electrons. The Morgan fingerprint density at radius 1 is 1.11 bits per heavy atom. The highest BCUT2D eigenvalue weighted by Gasteiger charge is 2.20. The van der Waals surface area contributed by atoms with Gasteiger partial charge in [-0.2, -0.15) is 0 Å². The first-order valence-electron chi connectivity index (χ1n) is 11.5. The molecule has 2 heterocycles. The van der Waals surface area contributed by atoms with Crippen LogP contribution in [0.4, 0.5) is 0 Å². The number of esters is 1. The van der Waals surface area contributed by atoms with Crippen LogP contribution < -0.4 is 5.56 Å². The number of hydrogen-bond donors (Lipinski definition) is 0. The molecule has 2 aromatic heterocycles. The third-order valence-electron chi connectivity index (χ3n) is 5.70. The monoisotopic (exact) mass is 505 g/mol. The summed E-state index contributed by atoms with van der Waals surface area (Å²) in [5.74, 6) is 0.0977. The molecule has 36 heavy (non-hydrogen) atoms. The molecule has 8 nitrogen and oxygen atoms in total. The average molecular weight is 506 g/mol. The smallest absolute Gasteiger partial charge is 0.337 e. The van der Waals surface area contributed by atoms with Crippen LogP contribution in [0.15, 0.2) is 81.3 Å². The standard InChI is InChI=1S/C27H27N3O5S/c1-18(2)29(15-19-8-5-4-6-9-19)24(31)17-36-27-28-23-14-20(26(33)34-3)11-12-22(23)25(32)30(27)16-21-10-7-13-35-21/h4-14,18H,15-17H2,1-3H3. The molecule has 0 aliphatic rings. The molecule has 0 unspecified atom stereocenters. The number of amides is 1. The number of nitrogens with zero attached hydrogens (tertiary/aromatic N) is 3. The number of aromatic nitrogens is 2. The number of methoxy groups -OCH3 is 1. The molecule has 4 aromatic rings. The fourth-order valence-corrected chi connectivity index (χ4v) is 4.69. The van der Waals surface area contributed by atoms with E-state index in [1.165, 1.54) is 41.8 Å². The summed E-state index contributed by atoms with van der Waals surface area (Å²) in [6, 6.07) is 18.0. The van der Waals surface area contributed by atoms with Crippen molar-refractivity contribution < 1.29 is 18.7 Å². The molecule has 186 valence electrons. The molecule has 0 spiro atoms. The second kappa shape index (κ2) is 11.3. The van der Waals surface area contributed by atoms with E-state index in [2.05, 4.69) is 4.98 Å². The quantitative estimate of drug-likeness (QED) is 0.190. The van der Waals surface area contributed by atoms with E-state index in [9.17, 15) is 14.4 Å². The van der Waals surface area contributed by atoms with Gasteiger partial charge in [-0.15, -0.1) is 0 Å². The molecule has 0 saturated carbocycles. The van der Waals surface area contributed by atoms with Crippen molar-refractivity contribution in [1.29, 1.82) is 0 Å². The molecule has 0 aliphatic carbocycles. The first-order chi connectivity index (χ1) is 17.4.